The van der Waals surface area contributed by atoms with Crippen LogP contribution in [0, 0.1) is 0 Å². The smallest absolute Gasteiger partial charge is 0.326 e. The van der Waals surface area contributed by atoms with Crippen molar-refractivity contribution >= 4 is 50.6 Å². The van der Waals surface area contributed by atoms with Crippen LogP contribution in [0.3, 0.4) is 0 Å². The van der Waals surface area contributed by atoms with Gasteiger partial charge in [0.25, 0.3) is 0 Å². The molecule has 7 aromatic rings. The lowest BCUT2D eigenvalue weighted by Crippen LogP contribution is -2.35. The summed E-state index contributed by atoms with van der Waals surface area (Å²) >= 11 is 0. The van der Waals surface area contributed by atoms with Crippen LogP contribution < -0.4 is 4.48 Å². The molecule has 8 rings (SSSR count). The van der Waals surface area contributed by atoms with E-state index in [2.05, 4.69) is 107 Å². The van der Waals surface area contributed by atoms with Gasteiger partial charge >= 0.3 is 5.95 Å². The van der Waals surface area contributed by atoms with E-state index in [1.165, 1.54) is 5.56 Å². The molecule has 7 heteroatoms. The molecule has 1 aliphatic rings. The molecular weight excluding hydrogens is 546 g/mol. The molecule has 1 aliphatic heterocycles. The zero-order valence-corrected chi connectivity index (χ0v) is 25.8. The average molecular weight is 581 g/mol. The zero-order valence-electron chi connectivity index (χ0n) is 25.8. The molecule has 1 atom stereocenters. The van der Waals surface area contributed by atoms with Crippen LogP contribution in [0.2, 0.25) is 0 Å². The maximum Gasteiger partial charge on any atom is 0.326 e. The van der Waals surface area contributed by atoms with Crippen LogP contribution >= 0.6 is 0 Å². The van der Waals surface area contributed by atoms with Crippen molar-refractivity contribution in [3.8, 4) is 11.4 Å². The predicted octanol–water partition coefficient (Wildman–Crippen LogP) is 8.96. The molecule has 0 amide bonds. The number of benzene rings is 3. The van der Waals surface area contributed by atoms with Crippen molar-refractivity contribution in [2.45, 2.75) is 45.4 Å². The molecule has 0 radical (unpaired) electrons. The van der Waals surface area contributed by atoms with Crippen LogP contribution in [0.25, 0.3) is 38.8 Å². The Morgan fingerprint density at radius 3 is 2.41 bits per heavy atom. The van der Waals surface area contributed by atoms with Crippen LogP contribution in [-0.2, 0) is 10.8 Å². The summed E-state index contributed by atoms with van der Waals surface area (Å²) in [6, 6.07) is 28.7. The quantitative estimate of drug-likeness (QED) is 0.211. The lowest BCUT2D eigenvalue weighted by Gasteiger charge is -2.31. The van der Waals surface area contributed by atoms with Crippen LogP contribution in [0.15, 0.2) is 95.5 Å². The van der Waals surface area contributed by atoms with Crippen molar-refractivity contribution < 1.29 is 9.52 Å². The number of hydrogen-bond donors (Lipinski definition) is 1. The van der Waals surface area contributed by atoms with E-state index in [1.54, 1.807) is 12.1 Å². The summed E-state index contributed by atoms with van der Waals surface area (Å²) < 4.78 is 8.58. The fraction of sp³-hybridized carbons (Fsp3) is 0.216. The molecule has 0 bridgehead atoms. The van der Waals surface area contributed by atoms with Gasteiger partial charge in [0.1, 0.15) is 17.0 Å². The summed E-state index contributed by atoms with van der Waals surface area (Å²) in [6.07, 6.45) is 1.87. The van der Waals surface area contributed by atoms with E-state index in [-0.39, 0.29) is 11.2 Å². The number of aromatic hydroxyl groups is 1. The van der Waals surface area contributed by atoms with Crippen LogP contribution in [0.1, 0.15) is 51.4 Å². The number of phenolic OH excluding ortho intramolecular Hbond substituents is 1. The van der Waals surface area contributed by atoms with E-state index in [0.717, 1.165) is 50.8 Å². The summed E-state index contributed by atoms with van der Waals surface area (Å²) in [7, 11) is 2.20. The van der Waals surface area contributed by atoms with Gasteiger partial charge in [0.15, 0.2) is 5.69 Å². The molecule has 4 aromatic heterocycles. The highest BCUT2D eigenvalue weighted by Crippen LogP contribution is 2.52. The molecular formula is C37H34N5O2+. The Labute approximate surface area is 255 Å². The van der Waals surface area contributed by atoms with Gasteiger partial charge in [-0.3, -0.25) is 0 Å². The number of hydrogen-bond acceptors (Lipinski definition) is 5. The average Bonchev–Trinajstić information content (AvgIpc) is 3.66. The van der Waals surface area contributed by atoms with Gasteiger partial charge in [-0.25, -0.2) is 9.55 Å². The second-order valence-electron chi connectivity index (χ2n) is 13.5. The van der Waals surface area contributed by atoms with Crippen LogP contribution in [0.5, 0.6) is 5.75 Å². The summed E-state index contributed by atoms with van der Waals surface area (Å²) in [5.41, 5.74) is 7.87. The normalized spacial score (nSPS) is 16.6. The minimum atomic E-state index is -0.524. The van der Waals surface area contributed by atoms with Crippen molar-refractivity contribution in [1.29, 1.82) is 0 Å². The SMILES string of the molecule is CC(C)(C)c1cc(C(C)(C)c2cnc3oc4cccc(O)c4c3c2)nc([N+]2(C)c3ccccc3-n3c2nc2ccccc23)c1. The number of imidazole rings is 1. The van der Waals surface area contributed by atoms with E-state index >= 15 is 0 Å². The number of fused-ring (bicyclic) bond motifs is 8. The molecule has 0 saturated heterocycles. The zero-order chi connectivity index (χ0) is 30.6. The third-order valence-corrected chi connectivity index (χ3v) is 9.38. The highest BCUT2D eigenvalue weighted by Gasteiger charge is 2.47. The Bertz CT molecular complexity index is 2290. The number of aromatic nitrogens is 4. The van der Waals surface area contributed by atoms with Gasteiger partial charge in [-0.15, -0.1) is 0 Å². The molecule has 0 saturated carbocycles. The van der Waals surface area contributed by atoms with Crippen molar-refractivity contribution in [1.82, 2.24) is 24.0 Å². The molecule has 3 aromatic carbocycles. The van der Waals surface area contributed by atoms with E-state index in [4.69, 9.17) is 19.4 Å². The van der Waals surface area contributed by atoms with E-state index in [9.17, 15) is 5.11 Å². The van der Waals surface area contributed by atoms with Crippen molar-refractivity contribution in [3.05, 3.63) is 108 Å². The molecule has 0 aliphatic carbocycles. The number of phenols is 1. The highest BCUT2D eigenvalue weighted by molar-refractivity contribution is 6.07. The number of quaternary nitrogens is 1. The number of rotatable bonds is 3. The molecule has 0 spiro atoms. The lowest BCUT2D eigenvalue weighted by atomic mass is 9.78. The predicted molar refractivity (Wildman–Crippen MR) is 176 cm³/mol. The largest absolute Gasteiger partial charge is 0.507 e. The minimum Gasteiger partial charge on any atom is -0.507 e. The van der Waals surface area contributed by atoms with Gasteiger partial charge in [0, 0.05) is 23.7 Å². The first-order valence-corrected chi connectivity index (χ1v) is 15.0. The summed E-state index contributed by atoms with van der Waals surface area (Å²) in [6.45, 7) is 11.1. The fourth-order valence-corrected chi connectivity index (χ4v) is 6.60. The summed E-state index contributed by atoms with van der Waals surface area (Å²) in [5, 5.41) is 12.1. The molecule has 44 heavy (non-hydrogen) atoms. The Kier molecular flexibility index (Phi) is 5.30. The second kappa shape index (κ2) is 8.77. The first kappa shape index (κ1) is 26.6. The number of pyridine rings is 2. The summed E-state index contributed by atoms with van der Waals surface area (Å²) in [4.78, 5) is 15.4. The molecule has 1 unspecified atom stereocenters. The van der Waals surface area contributed by atoms with Gasteiger partial charge in [0.05, 0.1) is 34.5 Å². The van der Waals surface area contributed by atoms with Crippen molar-refractivity contribution in [2.24, 2.45) is 0 Å². The standard InChI is InChI=1S/C37H33N5O2/c1-36(2,3)22-19-31(37(4,5)23-18-24-33-29(43)16-11-17-30(33)44-34(24)38-21-23)40-32(20-22)42(6)28-15-10-9-14-27(28)41-26-13-8-7-12-25(26)39-35(41)42/h7-21H,1-6H3/p+1. The number of para-hydroxylation sites is 4. The highest BCUT2D eigenvalue weighted by atomic mass is 16.3. The number of nitrogens with zero attached hydrogens (tertiary/aromatic N) is 5. The van der Waals surface area contributed by atoms with Gasteiger partial charge in [0.2, 0.25) is 11.5 Å². The monoisotopic (exact) mass is 580 g/mol. The van der Waals surface area contributed by atoms with Gasteiger partial charge in [-0.05, 0) is 59.0 Å². The third-order valence-electron chi connectivity index (χ3n) is 9.38. The van der Waals surface area contributed by atoms with Crippen molar-refractivity contribution in [3.63, 3.8) is 0 Å². The first-order chi connectivity index (χ1) is 21.0. The van der Waals surface area contributed by atoms with Crippen molar-refractivity contribution in [2.75, 3.05) is 7.05 Å². The first-order valence-electron chi connectivity index (χ1n) is 15.0. The lowest BCUT2D eigenvalue weighted by molar-refractivity contribution is 0.481. The molecule has 218 valence electrons. The van der Waals surface area contributed by atoms with E-state index in [0.29, 0.717) is 21.2 Å². The third kappa shape index (κ3) is 3.56. The Balaban J connectivity index is 1.37. The van der Waals surface area contributed by atoms with Crippen LogP contribution in [-0.4, -0.2) is 31.7 Å². The maximum absolute atomic E-state index is 10.7. The molecule has 0 fully saturated rings. The Morgan fingerprint density at radius 1 is 0.818 bits per heavy atom. The number of furan rings is 1. The summed E-state index contributed by atoms with van der Waals surface area (Å²) in [5.74, 6) is 2.00. The maximum atomic E-state index is 10.7. The molecule has 1 N–H and O–H groups in total. The topological polar surface area (TPSA) is 77.0 Å². The second-order valence-corrected chi connectivity index (χ2v) is 13.5. The van der Waals surface area contributed by atoms with E-state index in [1.807, 2.05) is 18.3 Å². The van der Waals surface area contributed by atoms with Gasteiger partial charge < -0.3 is 9.52 Å². The van der Waals surface area contributed by atoms with E-state index < -0.39 is 5.41 Å². The van der Waals surface area contributed by atoms with Crippen LogP contribution in [0.4, 0.5) is 17.5 Å². The Hall–Kier alpha value is -5.01. The fourth-order valence-electron chi connectivity index (χ4n) is 6.60. The molecule has 5 heterocycles. The molecule has 7 nitrogen and oxygen atoms in total. The minimum absolute atomic E-state index is 0.129. The van der Waals surface area contributed by atoms with Gasteiger partial charge in [-0.2, -0.15) is 14.5 Å². The van der Waals surface area contributed by atoms with Gasteiger partial charge in [-0.1, -0.05) is 65.0 Å². The Morgan fingerprint density at radius 2 is 1.59 bits per heavy atom.